The van der Waals surface area contributed by atoms with Gasteiger partial charge in [-0.05, 0) is 62.8 Å². The van der Waals surface area contributed by atoms with Crippen LogP contribution in [0, 0.1) is 16.0 Å². The van der Waals surface area contributed by atoms with Gasteiger partial charge in [-0.1, -0.05) is 0 Å². The van der Waals surface area contributed by atoms with Crippen molar-refractivity contribution in [1.29, 1.82) is 0 Å². The van der Waals surface area contributed by atoms with Gasteiger partial charge >= 0.3 is 5.70 Å². The Hall–Kier alpha value is -2.85. The summed E-state index contributed by atoms with van der Waals surface area (Å²) in [5.74, 6) is 2.53. The molecule has 1 heterocycles. The van der Waals surface area contributed by atoms with Crippen LogP contribution in [0.1, 0.15) is 38.2 Å². The van der Waals surface area contributed by atoms with Crippen LogP contribution in [0.2, 0.25) is 0 Å². The topological polar surface area (TPSA) is 127 Å². The molecule has 1 fully saturated rings. The Morgan fingerprint density at radius 2 is 1.84 bits per heavy atom. The van der Waals surface area contributed by atoms with E-state index in [0.29, 0.717) is 43.0 Å². The highest BCUT2D eigenvalue weighted by molar-refractivity contribution is 5.82. The summed E-state index contributed by atoms with van der Waals surface area (Å²) in [6, 6.07) is 5.85. The highest BCUT2D eigenvalue weighted by Gasteiger charge is 2.37. The molecular weight excluding hydrogens is 412 g/mol. The third kappa shape index (κ3) is 5.68. The van der Waals surface area contributed by atoms with Crippen molar-refractivity contribution in [3.63, 3.8) is 0 Å². The molecule has 0 saturated heterocycles. The lowest BCUT2D eigenvalue weighted by atomic mass is 9.86. The summed E-state index contributed by atoms with van der Waals surface area (Å²) in [5.41, 5.74) is 6.82. The number of benzene rings is 1. The second-order valence-electron chi connectivity index (χ2n) is 8.15. The lowest BCUT2D eigenvalue weighted by Crippen LogP contribution is -2.58. The van der Waals surface area contributed by atoms with E-state index in [4.69, 9.17) is 15.2 Å². The Morgan fingerprint density at radius 3 is 2.38 bits per heavy atom. The summed E-state index contributed by atoms with van der Waals surface area (Å²) >= 11 is 0. The third-order valence-corrected chi connectivity index (χ3v) is 6.17. The third-order valence-electron chi connectivity index (χ3n) is 6.17. The maximum Gasteiger partial charge on any atom is 0.301 e. The molecule has 0 radical (unpaired) electrons. The van der Waals surface area contributed by atoms with E-state index < -0.39 is 6.17 Å². The Labute approximate surface area is 189 Å². The van der Waals surface area contributed by atoms with Gasteiger partial charge < -0.3 is 25.4 Å². The zero-order valence-corrected chi connectivity index (χ0v) is 19.0. The van der Waals surface area contributed by atoms with E-state index >= 15 is 0 Å². The van der Waals surface area contributed by atoms with E-state index in [1.807, 2.05) is 30.0 Å². The molecule has 0 aromatic heterocycles. The Bertz CT molecular complexity index is 829. The molecule has 1 saturated carbocycles. The highest BCUT2D eigenvalue weighted by Crippen LogP contribution is 2.26. The predicted molar refractivity (Wildman–Crippen MR) is 123 cm³/mol. The fourth-order valence-electron chi connectivity index (χ4n) is 4.29. The molecule has 1 aromatic rings. The maximum absolute atomic E-state index is 11.7. The summed E-state index contributed by atoms with van der Waals surface area (Å²) in [6.07, 6.45) is 4.82. The van der Waals surface area contributed by atoms with Crippen molar-refractivity contribution < 1.29 is 14.4 Å². The molecule has 1 aromatic carbocycles. The molecule has 0 spiro atoms. The SMILES string of the molecule is CCN1C(NCc2cc(OC)cc(OC)c2)=NC=C([N+](=O)[O-])C1NC1CCC(CN)CC1. The van der Waals surface area contributed by atoms with Gasteiger partial charge in [0.25, 0.3) is 0 Å². The van der Waals surface area contributed by atoms with Crippen LogP contribution >= 0.6 is 0 Å². The van der Waals surface area contributed by atoms with Crippen LogP contribution in [0.5, 0.6) is 11.5 Å². The molecule has 2 aliphatic rings. The van der Waals surface area contributed by atoms with Crippen molar-refractivity contribution >= 4 is 5.96 Å². The van der Waals surface area contributed by atoms with Gasteiger partial charge in [-0.3, -0.25) is 15.4 Å². The second kappa shape index (κ2) is 11.1. The predicted octanol–water partition coefficient (Wildman–Crippen LogP) is 2.04. The van der Waals surface area contributed by atoms with Crippen LogP contribution in [0.15, 0.2) is 35.1 Å². The summed E-state index contributed by atoms with van der Waals surface area (Å²) in [5, 5.41) is 18.6. The standard InChI is InChI=1S/C22H34N6O4/c1-4-27-21(26-17-7-5-15(12-23)6-8-17)20(28(29)30)14-25-22(27)24-13-16-9-18(31-2)11-19(10-16)32-3/h9-11,14-15,17,21,26H,4-8,12-13,23H2,1-3H3,(H,24,25). The maximum atomic E-state index is 11.7. The zero-order chi connectivity index (χ0) is 23.1. The van der Waals surface area contributed by atoms with Gasteiger partial charge in [0.15, 0.2) is 6.17 Å². The molecule has 176 valence electrons. The van der Waals surface area contributed by atoms with Crippen LogP contribution < -0.4 is 25.8 Å². The number of hydrogen-bond donors (Lipinski definition) is 3. The number of ether oxygens (including phenoxy) is 2. The van der Waals surface area contributed by atoms with E-state index in [2.05, 4.69) is 15.6 Å². The molecular formula is C22H34N6O4. The van der Waals surface area contributed by atoms with Crippen molar-refractivity contribution in [3.8, 4) is 11.5 Å². The summed E-state index contributed by atoms with van der Waals surface area (Å²) < 4.78 is 10.7. The van der Waals surface area contributed by atoms with Gasteiger partial charge in [-0.25, -0.2) is 4.99 Å². The first-order valence-corrected chi connectivity index (χ1v) is 11.1. The first kappa shape index (κ1) is 23.8. The molecule has 0 amide bonds. The molecule has 1 aliphatic carbocycles. The van der Waals surface area contributed by atoms with Gasteiger partial charge in [0.2, 0.25) is 5.96 Å². The molecule has 4 N–H and O–H groups in total. The quantitative estimate of drug-likeness (QED) is 0.388. The van der Waals surface area contributed by atoms with Gasteiger partial charge in [0, 0.05) is 25.2 Å². The average molecular weight is 447 g/mol. The van der Waals surface area contributed by atoms with E-state index in [1.54, 1.807) is 14.2 Å². The van der Waals surface area contributed by atoms with Crippen molar-refractivity contribution in [1.82, 2.24) is 15.5 Å². The van der Waals surface area contributed by atoms with E-state index in [-0.39, 0.29) is 16.7 Å². The van der Waals surface area contributed by atoms with E-state index in [9.17, 15) is 10.1 Å². The number of methoxy groups -OCH3 is 2. The van der Waals surface area contributed by atoms with Crippen LogP contribution in [-0.2, 0) is 6.54 Å². The van der Waals surface area contributed by atoms with Crippen LogP contribution in [0.25, 0.3) is 0 Å². The highest BCUT2D eigenvalue weighted by atomic mass is 16.6. The van der Waals surface area contributed by atoms with Crippen molar-refractivity contribution in [2.24, 2.45) is 16.6 Å². The number of rotatable bonds is 9. The molecule has 1 unspecified atom stereocenters. The number of nitro groups is 1. The number of nitrogens with zero attached hydrogens (tertiary/aromatic N) is 3. The average Bonchev–Trinajstić information content (AvgIpc) is 2.82. The zero-order valence-electron chi connectivity index (χ0n) is 19.0. The smallest absolute Gasteiger partial charge is 0.301 e. The molecule has 10 nitrogen and oxygen atoms in total. The number of guanidine groups is 1. The van der Waals surface area contributed by atoms with Crippen molar-refractivity contribution in [2.45, 2.75) is 51.4 Å². The Kier molecular flexibility index (Phi) is 8.29. The number of nitrogens with two attached hydrogens (primary N) is 1. The molecule has 1 aliphatic heterocycles. The minimum absolute atomic E-state index is 0.0568. The lowest BCUT2D eigenvalue weighted by molar-refractivity contribution is -0.434. The van der Waals surface area contributed by atoms with Crippen molar-refractivity contribution in [3.05, 3.63) is 45.8 Å². The second-order valence-corrected chi connectivity index (χ2v) is 8.15. The monoisotopic (exact) mass is 446 g/mol. The van der Waals surface area contributed by atoms with E-state index in [0.717, 1.165) is 31.2 Å². The molecule has 3 rings (SSSR count). The van der Waals surface area contributed by atoms with Gasteiger partial charge in [-0.15, -0.1) is 0 Å². The molecule has 32 heavy (non-hydrogen) atoms. The summed E-state index contributed by atoms with van der Waals surface area (Å²) in [7, 11) is 3.22. The van der Waals surface area contributed by atoms with Gasteiger partial charge in [0.1, 0.15) is 17.7 Å². The number of nitrogens with one attached hydrogen (secondary N) is 2. The molecule has 0 bridgehead atoms. The first-order valence-electron chi connectivity index (χ1n) is 11.1. The Balaban J connectivity index is 1.74. The Morgan fingerprint density at radius 1 is 1.19 bits per heavy atom. The van der Waals surface area contributed by atoms with Crippen LogP contribution in [0.4, 0.5) is 0 Å². The number of likely N-dealkylation sites (N-methyl/N-ethyl adjacent to an activating group) is 1. The summed E-state index contributed by atoms with van der Waals surface area (Å²) in [4.78, 5) is 17.7. The van der Waals surface area contributed by atoms with Crippen LogP contribution in [0.3, 0.4) is 0 Å². The van der Waals surface area contributed by atoms with Gasteiger partial charge in [-0.2, -0.15) is 0 Å². The lowest BCUT2D eigenvalue weighted by Gasteiger charge is -2.38. The molecule has 10 heteroatoms. The minimum Gasteiger partial charge on any atom is -0.497 e. The first-order chi connectivity index (χ1) is 15.5. The van der Waals surface area contributed by atoms with E-state index in [1.165, 1.54) is 6.20 Å². The minimum atomic E-state index is -0.547. The fourth-order valence-corrected chi connectivity index (χ4v) is 4.29. The largest absolute Gasteiger partial charge is 0.497 e. The molecule has 1 atom stereocenters. The van der Waals surface area contributed by atoms with Crippen LogP contribution in [-0.4, -0.2) is 55.3 Å². The fraction of sp³-hybridized carbons (Fsp3) is 0.591. The normalized spacial score (nSPS) is 23.2. The summed E-state index contributed by atoms with van der Waals surface area (Å²) in [6.45, 7) is 3.70. The number of hydrogen-bond acceptors (Lipinski definition) is 9. The van der Waals surface area contributed by atoms with Crippen molar-refractivity contribution in [2.75, 3.05) is 27.3 Å². The number of aliphatic imine (C=N–C) groups is 1. The van der Waals surface area contributed by atoms with Gasteiger partial charge in [0.05, 0.1) is 19.1 Å².